The molecule has 148 valence electrons. The minimum absolute atomic E-state index is 0. The third kappa shape index (κ3) is 6.06. The first-order valence-corrected chi connectivity index (χ1v) is 8.74. The van der Waals surface area contributed by atoms with Crippen LogP contribution < -0.4 is 10.6 Å². The Bertz CT molecular complexity index is 689. The van der Waals surface area contributed by atoms with E-state index in [1.54, 1.807) is 6.20 Å². The zero-order chi connectivity index (χ0) is 17.6. The standard InChI is InChI=1S/C19H25N5O.2ClH/c1-23(19(25)13-17(20)15-7-3-2-4-8-15)16-9-6-12-24(14-16)18-10-5-11-21-22-18;;/h2-5,7-8,10-11,16-17H,6,9,12-14,20H2,1H3;2*1H. The van der Waals surface area contributed by atoms with E-state index in [4.69, 9.17) is 5.73 Å². The first-order valence-electron chi connectivity index (χ1n) is 8.74. The highest BCUT2D eigenvalue weighted by Crippen LogP contribution is 2.21. The number of aromatic nitrogens is 2. The number of piperidine rings is 1. The predicted molar refractivity (Wildman–Crippen MR) is 113 cm³/mol. The van der Waals surface area contributed by atoms with Crippen molar-refractivity contribution < 1.29 is 4.79 Å². The van der Waals surface area contributed by atoms with Crippen LogP contribution in [0.1, 0.15) is 30.9 Å². The number of benzene rings is 1. The average molecular weight is 412 g/mol. The van der Waals surface area contributed by atoms with E-state index in [0.29, 0.717) is 6.42 Å². The highest BCUT2D eigenvalue weighted by molar-refractivity contribution is 5.85. The van der Waals surface area contributed by atoms with E-state index in [1.165, 1.54) is 0 Å². The van der Waals surface area contributed by atoms with Crippen LogP contribution in [0.5, 0.6) is 0 Å². The van der Waals surface area contributed by atoms with E-state index in [0.717, 1.165) is 37.3 Å². The molecule has 1 saturated heterocycles. The summed E-state index contributed by atoms with van der Waals surface area (Å²) in [5, 5.41) is 8.13. The van der Waals surface area contributed by atoms with Crippen LogP contribution in [0.2, 0.25) is 0 Å². The maximum absolute atomic E-state index is 12.7. The molecule has 1 fully saturated rings. The van der Waals surface area contributed by atoms with E-state index in [-0.39, 0.29) is 42.8 Å². The molecule has 3 rings (SSSR count). The molecule has 2 unspecified atom stereocenters. The molecule has 27 heavy (non-hydrogen) atoms. The van der Waals surface area contributed by atoms with Crippen molar-refractivity contribution in [3.8, 4) is 0 Å². The van der Waals surface area contributed by atoms with Crippen molar-refractivity contribution in [2.75, 3.05) is 25.0 Å². The van der Waals surface area contributed by atoms with E-state index in [9.17, 15) is 4.79 Å². The Balaban J connectivity index is 0.00000182. The summed E-state index contributed by atoms with van der Waals surface area (Å²) in [5.41, 5.74) is 7.20. The van der Waals surface area contributed by atoms with E-state index >= 15 is 0 Å². The van der Waals surface area contributed by atoms with Gasteiger partial charge in [-0.15, -0.1) is 29.9 Å². The number of hydrogen-bond donors (Lipinski definition) is 1. The topological polar surface area (TPSA) is 75.3 Å². The molecule has 0 saturated carbocycles. The maximum Gasteiger partial charge on any atom is 0.224 e. The molecule has 1 aliphatic heterocycles. The lowest BCUT2D eigenvalue weighted by molar-refractivity contribution is -0.132. The fraction of sp³-hybridized carbons (Fsp3) is 0.421. The van der Waals surface area contributed by atoms with Crippen molar-refractivity contribution in [2.45, 2.75) is 31.3 Å². The largest absolute Gasteiger partial charge is 0.353 e. The monoisotopic (exact) mass is 411 g/mol. The van der Waals surface area contributed by atoms with Gasteiger partial charge in [-0.25, -0.2) is 0 Å². The molecule has 2 atom stereocenters. The van der Waals surface area contributed by atoms with Gasteiger partial charge in [-0.2, -0.15) is 5.10 Å². The van der Waals surface area contributed by atoms with Gasteiger partial charge in [0.1, 0.15) is 0 Å². The van der Waals surface area contributed by atoms with Gasteiger partial charge in [-0.05, 0) is 30.5 Å². The number of likely N-dealkylation sites (N-methyl/N-ethyl adjacent to an activating group) is 1. The van der Waals surface area contributed by atoms with Gasteiger partial charge in [0.25, 0.3) is 0 Å². The maximum atomic E-state index is 12.7. The van der Waals surface area contributed by atoms with Gasteiger partial charge in [-0.1, -0.05) is 30.3 Å². The Morgan fingerprint density at radius 3 is 2.67 bits per heavy atom. The van der Waals surface area contributed by atoms with Gasteiger partial charge >= 0.3 is 0 Å². The molecule has 1 aliphatic rings. The second-order valence-corrected chi connectivity index (χ2v) is 6.55. The third-order valence-electron chi connectivity index (χ3n) is 4.84. The fourth-order valence-corrected chi connectivity index (χ4v) is 3.29. The molecule has 0 aliphatic carbocycles. The summed E-state index contributed by atoms with van der Waals surface area (Å²) in [7, 11) is 1.88. The van der Waals surface area contributed by atoms with Crippen LogP contribution in [-0.4, -0.2) is 47.2 Å². The molecule has 0 spiro atoms. The number of hydrogen-bond acceptors (Lipinski definition) is 5. The van der Waals surface area contributed by atoms with Gasteiger partial charge in [0.2, 0.25) is 5.91 Å². The molecule has 6 nitrogen and oxygen atoms in total. The third-order valence-corrected chi connectivity index (χ3v) is 4.84. The smallest absolute Gasteiger partial charge is 0.224 e. The summed E-state index contributed by atoms with van der Waals surface area (Å²) in [5.74, 6) is 0.955. The quantitative estimate of drug-likeness (QED) is 0.818. The Labute approximate surface area is 173 Å². The normalized spacial score (nSPS) is 17.3. The Hall–Kier alpha value is -1.89. The van der Waals surface area contributed by atoms with Crippen molar-refractivity contribution in [2.24, 2.45) is 5.73 Å². The summed E-state index contributed by atoms with van der Waals surface area (Å²) in [6.45, 7) is 1.72. The first-order chi connectivity index (χ1) is 12.1. The fourth-order valence-electron chi connectivity index (χ4n) is 3.29. The van der Waals surface area contributed by atoms with Gasteiger partial charge in [0, 0.05) is 44.8 Å². The predicted octanol–water partition coefficient (Wildman–Crippen LogP) is 2.84. The number of carbonyl (C=O) groups is 1. The molecule has 1 amide bonds. The van der Waals surface area contributed by atoms with Crippen molar-refractivity contribution in [1.29, 1.82) is 0 Å². The van der Waals surface area contributed by atoms with Crippen LogP contribution >= 0.6 is 24.8 Å². The number of halogens is 2. The molecular formula is C19H27Cl2N5O. The number of anilines is 1. The van der Waals surface area contributed by atoms with Crippen molar-refractivity contribution in [3.05, 3.63) is 54.2 Å². The van der Waals surface area contributed by atoms with E-state index in [2.05, 4.69) is 15.1 Å². The number of rotatable bonds is 5. The van der Waals surface area contributed by atoms with Crippen molar-refractivity contribution >= 4 is 36.5 Å². The molecule has 0 bridgehead atoms. The van der Waals surface area contributed by atoms with E-state index < -0.39 is 0 Å². The lowest BCUT2D eigenvalue weighted by Crippen LogP contribution is -2.49. The molecule has 8 heteroatoms. The summed E-state index contributed by atoms with van der Waals surface area (Å²) in [6, 6.07) is 13.5. The number of carbonyl (C=O) groups excluding carboxylic acids is 1. The number of nitrogens with two attached hydrogens (primary N) is 1. The summed E-state index contributed by atoms with van der Waals surface area (Å²) < 4.78 is 0. The van der Waals surface area contributed by atoms with Gasteiger partial charge in [0.05, 0.1) is 0 Å². The number of nitrogens with zero attached hydrogens (tertiary/aromatic N) is 4. The van der Waals surface area contributed by atoms with Crippen LogP contribution in [0.4, 0.5) is 5.82 Å². The van der Waals surface area contributed by atoms with Crippen LogP contribution in [0.15, 0.2) is 48.7 Å². The first kappa shape index (κ1) is 23.1. The lowest BCUT2D eigenvalue weighted by atomic mass is 10.0. The van der Waals surface area contributed by atoms with Gasteiger partial charge in [0.15, 0.2) is 5.82 Å². The van der Waals surface area contributed by atoms with E-state index in [1.807, 2.05) is 54.4 Å². The zero-order valence-electron chi connectivity index (χ0n) is 15.4. The minimum Gasteiger partial charge on any atom is -0.353 e. The lowest BCUT2D eigenvalue weighted by Gasteiger charge is -2.38. The van der Waals surface area contributed by atoms with Gasteiger partial charge in [-0.3, -0.25) is 4.79 Å². The Kier molecular flexibility index (Phi) is 9.49. The molecule has 1 aromatic carbocycles. The molecule has 2 aromatic rings. The van der Waals surface area contributed by atoms with Crippen LogP contribution in [0.25, 0.3) is 0 Å². The Morgan fingerprint density at radius 1 is 1.26 bits per heavy atom. The molecule has 2 heterocycles. The molecule has 0 radical (unpaired) electrons. The minimum atomic E-state index is -0.268. The highest BCUT2D eigenvalue weighted by Gasteiger charge is 2.27. The van der Waals surface area contributed by atoms with Crippen LogP contribution in [0.3, 0.4) is 0 Å². The molecule has 1 aromatic heterocycles. The zero-order valence-corrected chi connectivity index (χ0v) is 17.0. The second-order valence-electron chi connectivity index (χ2n) is 6.55. The van der Waals surface area contributed by atoms with Gasteiger partial charge < -0.3 is 15.5 Å². The molecular weight excluding hydrogens is 385 g/mol. The summed E-state index contributed by atoms with van der Waals surface area (Å²) in [6.07, 6.45) is 4.02. The van der Waals surface area contributed by atoms with Crippen LogP contribution in [-0.2, 0) is 4.79 Å². The number of amides is 1. The van der Waals surface area contributed by atoms with Crippen molar-refractivity contribution in [3.63, 3.8) is 0 Å². The van der Waals surface area contributed by atoms with Crippen LogP contribution in [0, 0.1) is 0 Å². The summed E-state index contributed by atoms with van der Waals surface area (Å²) in [4.78, 5) is 16.7. The average Bonchev–Trinajstić information content (AvgIpc) is 2.68. The SMILES string of the molecule is CN(C(=O)CC(N)c1ccccc1)C1CCCN(c2cccnn2)C1.Cl.Cl. The van der Waals surface area contributed by atoms with Crippen molar-refractivity contribution in [1.82, 2.24) is 15.1 Å². The highest BCUT2D eigenvalue weighted by atomic mass is 35.5. The Morgan fingerprint density at radius 2 is 2.00 bits per heavy atom. The summed E-state index contributed by atoms with van der Waals surface area (Å²) >= 11 is 0. The second kappa shape index (κ2) is 11.1. The molecule has 2 N–H and O–H groups in total.